The van der Waals surface area contributed by atoms with Gasteiger partial charge in [-0.15, -0.1) is 0 Å². The first-order chi connectivity index (χ1) is 13.7. The van der Waals surface area contributed by atoms with Crippen LogP contribution in [0.4, 0.5) is 11.4 Å². The molecule has 1 aromatic carbocycles. The van der Waals surface area contributed by atoms with Crippen molar-refractivity contribution in [3.63, 3.8) is 0 Å². The van der Waals surface area contributed by atoms with Gasteiger partial charge in [-0.3, -0.25) is 19.3 Å². The Kier molecular flexibility index (Phi) is 5.36. The van der Waals surface area contributed by atoms with Gasteiger partial charge in [-0.25, -0.2) is 0 Å². The van der Waals surface area contributed by atoms with E-state index >= 15 is 0 Å². The highest BCUT2D eigenvalue weighted by molar-refractivity contribution is 8.04. The van der Waals surface area contributed by atoms with Crippen LogP contribution >= 0.6 is 11.8 Å². The van der Waals surface area contributed by atoms with Gasteiger partial charge >= 0.3 is 0 Å². The van der Waals surface area contributed by atoms with Crippen LogP contribution in [0.2, 0.25) is 0 Å². The van der Waals surface area contributed by atoms with E-state index in [0.717, 1.165) is 11.8 Å². The van der Waals surface area contributed by atoms with Crippen molar-refractivity contribution in [1.29, 1.82) is 10.5 Å². The lowest BCUT2D eigenvalue weighted by Crippen LogP contribution is -2.47. The number of carbonyl (C=O) groups excluding carboxylic acids is 3. The zero-order valence-corrected chi connectivity index (χ0v) is 17.0. The molecule has 148 valence electrons. The van der Waals surface area contributed by atoms with E-state index in [2.05, 4.69) is 16.7 Å². The minimum atomic E-state index is -0.995. The first-order valence-corrected chi connectivity index (χ1v) is 9.81. The molecule has 0 aromatic heterocycles. The van der Waals surface area contributed by atoms with Crippen molar-refractivity contribution in [2.75, 3.05) is 16.8 Å². The predicted octanol–water partition coefficient (Wildman–Crippen LogP) is 2.12. The summed E-state index contributed by atoms with van der Waals surface area (Å²) in [6.07, 6.45) is 0. The predicted molar refractivity (Wildman–Crippen MR) is 108 cm³/mol. The maximum Gasteiger partial charge on any atom is 0.244 e. The second-order valence-electron chi connectivity index (χ2n) is 7.34. The number of benzene rings is 1. The van der Waals surface area contributed by atoms with Crippen molar-refractivity contribution in [3.05, 3.63) is 34.9 Å². The van der Waals surface area contributed by atoms with Crippen molar-refractivity contribution in [2.24, 2.45) is 11.3 Å². The van der Waals surface area contributed by atoms with Crippen LogP contribution < -0.4 is 15.5 Å². The molecule has 8 nitrogen and oxygen atoms in total. The SMILES string of the molecule is C[C@H](SC1=C(C#N)C(C)(C)[C@H](C#N)C(=O)N1)C(=O)N1CC(=O)Nc2ccccc21. The van der Waals surface area contributed by atoms with Crippen molar-refractivity contribution in [2.45, 2.75) is 26.0 Å². The van der Waals surface area contributed by atoms with Gasteiger partial charge in [-0.2, -0.15) is 10.5 Å². The molecule has 0 saturated carbocycles. The summed E-state index contributed by atoms with van der Waals surface area (Å²) in [7, 11) is 0. The van der Waals surface area contributed by atoms with E-state index in [9.17, 15) is 24.9 Å². The zero-order valence-electron chi connectivity index (χ0n) is 16.1. The Morgan fingerprint density at radius 2 is 1.97 bits per heavy atom. The van der Waals surface area contributed by atoms with Crippen LogP contribution in [-0.4, -0.2) is 29.5 Å². The van der Waals surface area contributed by atoms with Crippen molar-refractivity contribution < 1.29 is 14.4 Å². The van der Waals surface area contributed by atoms with Crippen molar-refractivity contribution in [3.8, 4) is 12.1 Å². The van der Waals surface area contributed by atoms with Crippen molar-refractivity contribution >= 4 is 40.9 Å². The number of hydrogen-bond donors (Lipinski definition) is 2. The van der Waals surface area contributed by atoms with Gasteiger partial charge in [0.05, 0.1) is 39.4 Å². The molecule has 0 fully saturated rings. The molecule has 0 spiro atoms. The zero-order chi connectivity index (χ0) is 21.3. The maximum atomic E-state index is 13.1. The van der Waals surface area contributed by atoms with E-state index in [0.29, 0.717) is 11.4 Å². The van der Waals surface area contributed by atoms with Gasteiger partial charge in [0, 0.05) is 5.41 Å². The first-order valence-electron chi connectivity index (χ1n) is 8.93. The maximum absolute atomic E-state index is 13.1. The summed E-state index contributed by atoms with van der Waals surface area (Å²) >= 11 is 1.04. The summed E-state index contributed by atoms with van der Waals surface area (Å²) in [4.78, 5) is 38.8. The largest absolute Gasteiger partial charge is 0.323 e. The molecule has 0 radical (unpaired) electrons. The number of carbonyl (C=O) groups is 3. The number of anilines is 2. The van der Waals surface area contributed by atoms with E-state index < -0.39 is 22.5 Å². The number of para-hydroxylation sites is 2. The fourth-order valence-electron chi connectivity index (χ4n) is 3.39. The first kappa shape index (κ1) is 20.4. The molecule has 2 aliphatic rings. The highest BCUT2D eigenvalue weighted by Gasteiger charge is 2.45. The molecule has 0 unspecified atom stereocenters. The van der Waals surface area contributed by atoms with E-state index in [4.69, 9.17) is 0 Å². The molecule has 1 aromatic rings. The van der Waals surface area contributed by atoms with Crippen LogP contribution in [0.3, 0.4) is 0 Å². The summed E-state index contributed by atoms with van der Waals surface area (Å²) in [5.41, 5.74) is 0.422. The molecule has 3 amide bonds. The van der Waals surface area contributed by atoms with Crippen LogP contribution in [0.25, 0.3) is 0 Å². The van der Waals surface area contributed by atoms with Gasteiger partial charge in [-0.1, -0.05) is 37.7 Å². The van der Waals surface area contributed by atoms with E-state index in [1.54, 1.807) is 45.0 Å². The van der Waals surface area contributed by atoms with Crippen LogP contribution in [0, 0.1) is 34.0 Å². The summed E-state index contributed by atoms with van der Waals surface area (Å²) in [6, 6.07) is 11.0. The Morgan fingerprint density at radius 1 is 1.28 bits per heavy atom. The Hall–Kier alpha value is -3.30. The average Bonchev–Trinajstić information content (AvgIpc) is 2.66. The van der Waals surface area contributed by atoms with Gasteiger partial charge in [0.25, 0.3) is 0 Å². The molecule has 2 aliphatic heterocycles. The van der Waals surface area contributed by atoms with Gasteiger partial charge in [0.15, 0.2) is 0 Å². The van der Waals surface area contributed by atoms with Crippen LogP contribution in [-0.2, 0) is 14.4 Å². The molecule has 2 atom stereocenters. The number of nitriles is 2. The Balaban J connectivity index is 1.89. The Bertz CT molecular complexity index is 1020. The molecule has 0 bridgehead atoms. The molecule has 9 heteroatoms. The number of fused-ring (bicyclic) bond motifs is 1. The third-order valence-electron chi connectivity index (χ3n) is 5.01. The topological polar surface area (TPSA) is 126 Å². The van der Waals surface area contributed by atoms with E-state index in [1.807, 2.05) is 6.07 Å². The van der Waals surface area contributed by atoms with Gasteiger partial charge in [0.1, 0.15) is 12.5 Å². The number of nitrogens with zero attached hydrogens (tertiary/aromatic N) is 3. The number of nitrogens with one attached hydrogen (secondary N) is 2. The molecule has 0 aliphatic carbocycles. The smallest absolute Gasteiger partial charge is 0.244 e. The van der Waals surface area contributed by atoms with Crippen LogP contribution in [0.1, 0.15) is 20.8 Å². The van der Waals surface area contributed by atoms with Crippen LogP contribution in [0.15, 0.2) is 34.9 Å². The summed E-state index contributed by atoms with van der Waals surface area (Å²) < 4.78 is 0. The summed E-state index contributed by atoms with van der Waals surface area (Å²) in [6.45, 7) is 4.87. The monoisotopic (exact) mass is 409 g/mol. The number of allylic oxidation sites excluding steroid dienone is 1. The lowest BCUT2D eigenvalue weighted by Gasteiger charge is -2.35. The fourth-order valence-corrected chi connectivity index (χ4v) is 4.56. The minimum Gasteiger partial charge on any atom is -0.323 e. The number of amides is 3. The third-order valence-corrected chi connectivity index (χ3v) is 6.11. The number of hydrogen-bond acceptors (Lipinski definition) is 6. The van der Waals surface area contributed by atoms with Gasteiger partial charge in [-0.05, 0) is 19.1 Å². The second-order valence-corrected chi connectivity index (χ2v) is 8.69. The normalized spacial score (nSPS) is 21.3. The number of rotatable bonds is 3. The molecule has 2 heterocycles. The van der Waals surface area contributed by atoms with Gasteiger partial charge in [0.2, 0.25) is 17.7 Å². The summed E-state index contributed by atoms with van der Waals surface area (Å²) in [5, 5.41) is 23.9. The van der Waals surface area contributed by atoms with Gasteiger partial charge < -0.3 is 10.6 Å². The van der Waals surface area contributed by atoms with Crippen LogP contribution in [0.5, 0.6) is 0 Å². The molecule has 3 rings (SSSR count). The minimum absolute atomic E-state index is 0.112. The quantitative estimate of drug-likeness (QED) is 0.787. The lowest BCUT2D eigenvalue weighted by atomic mass is 9.72. The molecule has 29 heavy (non-hydrogen) atoms. The molecule has 0 saturated heterocycles. The molecular formula is C20H19N5O3S. The van der Waals surface area contributed by atoms with E-state index in [1.165, 1.54) is 4.90 Å². The second kappa shape index (κ2) is 7.61. The standard InChI is InChI=1S/C20H19N5O3S/c1-11(19(28)25-10-16(26)23-14-6-4-5-7-15(14)25)29-18-13(9-22)20(2,3)12(8-21)17(27)24-18/h4-7,11-12H,10H2,1-3H3,(H,23,26)(H,24,27)/t11-,12+/m0/s1. The Morgan fingerprint density at radius 3 is 2.62 bits per heavy atom. The lowest BCUT2D eigenvalue weighted by molar-refractivity contribution is -0.125. The average molecular weight is 409 g/mol. The molecular weight excluding hydrogens is 390 g/mol. The van der Waals surface area contributed by atoms with E-state index in [-0.39, 0.29) is 29.0 Å². The summed E-state index contributed by atoms with van der Waals surface area (Å²) in [5.74, 6) is -2.11. The Labute approximate surface area is 172 Å². The highest BCUT2D eigenvalue weighted by atomic mass is 32.2. The molecule has 2 N–H and O–H groups in total. The highest BCUT2D eigenvalue weighted by Crippen LogP contribution is 2.43. The fraction of sp³-hybridized carbons (Fsp3) is 0.350. The van der Waals surface area contributed by atoms with Crippen molar-refractivity contribution in [1.82, 2.24) is 5.32 Å². The third kappa shape index (κ3) is 3.57. The number of thioether (sulfide) groups is 1.